The second kappa shape index (κ2) is 5.57. The third-order valence-corrected chi connectivity index (χ3v) is 6.28. The minimum absolute atomic E-state index is 0.189. The second-order valence-electron chi connectivity index (χ2n) is 4.71. The molecule has 0 aliphatic carbocycles. The average molecular weight is 279 g/mol. The van der Waals surface area contributed by atoms with Crippen LogP contribution in [0.3, 0.4) is 0 Å². The van der Waals surface area contributed by atoms with E-state index in [0.717, 1.165) is 31.0 Å². The molecule has 1 aromatic rings. The number of rotatable bonds is 1. The van der Waals surface area contributed by atoms with Crippen LogP contribution in [0.1, 0.15) is 11.1 Å². The summed E-state index contributed by atoms with van der Waals surface area (Å²) in [6.07, 6.45) is 1.01. The van der Waals surface area contributed by atoms with Crippen LogP contribution in [0.25, 0.3) is 0 Å². The number of nitrogens with zero attached hydrogens (tertiary/aromatic N) is 1. The molecule has 1 saturated heterocycles. The van der Waals surface area contributed by atoms with Gasteiger partial charge in [-0.05, 0) is 17.5 Å². The molecule has 0 spiro atoms. The van der Waals surface area contributed by atoms with Crippen LogP contribution in [0.15, 0.2) is 24.3 Å². The summed E-state index contributed by atoms with van der Waals surface area (Å²) in [5, 5.41) is 0.189. The van der Waals surface area contributed by atoms with E-state index in [-0.39, 0.29) is 5.25 Å². The second-order valence-corrected chi connectivity index (χ2v) is 7.17. The summed E-state index contributed by atoms with van der Waals surface area (Å²) >= 11 is 3.75. The molecule has 4 heteroatoms. The van der Waals surface area contributed by atoms with E-state index in [2.05, 4.69) is 24.3 Å². The van der Waals surface area contributed by atoms with E-state index in [4.69, 9.17) is 0 Å². The van der Waals surface area contributed by atoms with Gasteiger partial charge in [-0.15, -0.1) is 11.8 Å². The lowest BCUT2D eigenvalue weighted by molar-refractivity contribution is -0.131. The van der Waals surface area contributed by atoms with E-state index in [0.29, 0.717) is 5.91 Å². The molecule has 2 aliphatic rings. The van der Waals surface area contributed by atoms with Crippen molar-refractivity contribution in [3.05, 3.63) is 35.4 Å². The Labute approximate surface area is 117 Å². The predicted molar refractivity (Wildman–Crippen MR) is 79.1 cm³/mol. The number of thioether (sulfide) groups is 2. The highest BCUT2D eigenvalue weighted by Crippen LogP contribution is 2.27. The minimum Gasteiger partial charge on any atom is -0.337 e. The van der Waals surface area contributed by atoms with Crippen LogP contribution in [-0.4, -0.2) is 39.9 Å². The molecule has 1 atom stereocenters. The van der Waals surface area contributed by atoms with Gasteiger partial charge in [0.2, 0.25) is 5.91 Å². The van der Waals surface area contributed by atoms with Crippen LogP contribution >= 0.6 is 23.5 Å². The monoisotopic (exact) mass is 279 g/mol. The molecule has 0 bridgehead atoms. The number of fused-ring (bicyclic) bond motifs is 1. The van der Waals surface area contributed by atoms with Crippen LogP contribution in [0.4, 0.5) is 0 Å². The highest BCUT2D eigenvalue weighted by Gasteiger charge is 2.28. The Morgan fingerprint density at radius 1 is 1.22 bits per heavy atom. The number of benzene rings is 1. The van der Waals surface area contributed by atoms with Crippen molar-refractivity contribution in [3.63, 3.8) is 0 Å². The molecule has 18 heavy (non-hydrogen) atoms. The molecule has 0 N–H and O–H groups in total. The van der Waals surface area contributed by atoms with Crippen molar-refractivity contribution in [2.45, 2.75) is 18.2 Å². The third kappa shape index (κ3) is 2.54. The number of hydrogen-bond donors (Lipinski definition) is 0. The van der Waals surface area contributed by atoms with Gasteiger partial charge in [-0.25, -0.2) is 0 Å². The Balaban J connectivity index is 1.69. The first-order valence-electron chi connectivity index (χ1n) is 6.39. The molecule has 96 valence electrons. The maximum absolute atomic E-state index is 12.5. The summed E-state index contributed by atoms with van der Waals surface area (Å²) in [6, 6.07) is 8.49. The van der Waals surface area contributed by atoms with Gasteiger partial charge in [-0.2, -0.15) is 11.8 Å². The third-order valence-electron chi connectivity index (χ3n) is 3.53. The van der Waals surface area contributed by atoms with Gasteiger partial charge in [0.25, 0.3) is 0 Å². The van der Waals surface area contributed by atoms with Crippen molar-refractivity contribution in [2.75, 3.05) is 23.8 Å². The zero-order valence-corrected chi connectivity index (χ0v) is 11.9. The molecule has 3 rings (SSSR count). The van der Waals surface area contributed by atoms with Crippen LogP contribution in [0.2, 0.25) is 0 Å². The van der Waals surface area contributed by atoms with Crippen LogP contribution in [-0.2, 0) is 17.8 Å². The predicted octanol–water partition coefficient (Wildman–Crippen LogP) is 2.42. The number of carbonyl (C=O) groups excluding carboxylic acids is 1. The standard InChI is InChI=1S/C14H17NOS2/c16-14(13-10-17-7-8-18-13)15-6-5-11-3-1-2-4-12(11)9-15/h1-4,13H,5-10H2. The van der Waals surface area contributed by atoms with Crippen molar-refractivity contribution >= 4 is 29.4 Å². The first-order chi connectivity index (χ1) is 8.84. The summed E-state index contributed by atoms with van der Waals surface area (Å²) < 4.78 is 0. The fourth-order valence-electron chi connectivity index (χ4n) is 2.52. The molecule has 0 aromatic heterocycles. The fourth-order valence-corrected chi connectivity index (χ4v) is 5.15. The van der Waals surface area contributed by atoms with Gasteiger partial charge in [0.1, 0.15) is 0 Å². The average Bonchev–Trinajstić information content (AvgIpc) is 2.47. The minimum atomic E-state index is 0.189. The van der Waals surface area contributed by atoms with Crippen molar-refractivity contribution in [1.29, 1.82) is 0 Å². The lowest BCUT2D eigenvalue weighted by Gasteiger charge is -2.32. The molecular formula is C14H17NOS2. The van der Waals surface area contributed by atoms with E-state index in [1.807, 2.05) is 28.4 Å². The molecular weight excluding hydrogens is 262 g/mol. The topological polar surface area (TPSA) is 20.3 Å². The molecule has 1 fully saturated rings. The van der Waals surface area contributed by atoms with Crippen LogP contribution < -0.4 is 0 Å². The SMILES string of the molecule is O=C(C1CSCCS1)N1CCc2ccccc2C1. The first-order valence-corrected chi connectivity index (χ1v) is 8.60. The summed E-state index contributed by atoms with van der Waals surface area (Å²) in [5.41, 5.74) is 2.73. The quantitative estimate of drug-likeness (QED) is 0.787. The van der Waals surface area contributed by atoms with Gasteiger partial charge in [0.05, 0.1) is 5.25 Å². The maximum atomic E-state index is 12.5. The summed E-state index contributed by atoms with van der Waals surface area (Å²) in [5.74, 6) is 3.64. The smallest absolute Gasteiger partial charge is 0.236 e. The largest absolute Gasteiger partial charge is 0.337 e. The van der Waals surface area contributed by atoms with Gasteiger partial charge in [-0.3, -0.25) is 4.79 Å². The Bertz CT molecular complexity index is 443. The van der Waals surface area contributed by atoms with Gasteiger partial charge in [0, 0.05) is 30.3 Å². The number of amides is 1. The van der Waals surface area contributed by atoms with E-state index < -0.39 is 0 Å². The normalized spacial score (nSPS) is 23.6. The molecule has 1 unspecified atom stereocenters. The van der Waals surface area contributed by atoms with E-state index in [9.17, 15) is 4.79 Å². The van der Waals surface area contributed by atoms with Crippen molar-refractivity contribution in [3.8, 4) is 0 Å². The maximum Gasteiger partial charge on any atom is 0.236 e. The lowest BCUT2D eigenvalue weighted by Crippen LogP contribution is -2.42. The number of hydrogen-bond acceptors (Lipinski definition) is 3. The number of carbonyl (C=O) groups is 1. The molecule has 0 radical (unpaired) electrons. The van der Waals surface area contributed by atoms with Gasteiger partial charge < -0.3 is 4.90 Å². The molecule has 2 aliphatic heterocycles. The molecule has 2 heterocycles. The van der Waals surface area contributed by atoms with Crippen molar-refractivity contribution in [1.82, 2.24) is 4.90 Å². The molecule has 1 amide bonds. The Morgan fingerprint density at radius 3 is 2.83 bits per heavy atom. The van der Waals surface area contributed by atoms with Crippen LogP contribution in [0, 0.1) is 0 Å². The van der Waals surface area contributed by atoms with Gasteiger partial charge in [-0.1, -0.05) is 24.3 Å². The van der Waals surface area contributed by atoms with Crippen molar-refractivity contribution < 1.29 is 4.79 Å². The van der Waals surface area contributed by atoms with Gasteiger partial charge in [0.15, 0.2) is 0 Å². The first kappa shape index (κ1) is 12.4. The van der Waals surface area contributed by atoms with Crippen LogP contribution in [0.5, 0.6) is 0 Å². The summed E-state index contributed by atoms with van der Waals surface area (Å²) in [4.78, 5) is 14.5. The zero-order chi connectivity index (χ0) is 12.4. The molecule has 0 saturated carbocycles. The van der Waals surface area contributed by atoms with Crippen molar-refractivity contribution in [2.24, 2.45) is 0 Å². The fraction of sp³-hybridized carbons (Fsp3) is 0.500. The van der Waals surface area contributed by atoms with E-state index in [1.54, 1.807) is 0 Å². The molecule has 1 aromatic carbocycles. The summed E-state index contributed by atoms with van der Waals surface area (Å²) in [7, 11) is 0. The molecule has 2 nitrogen and oxygen atoms in total. The Hall–Kier alpha value is -0.610. The Morgan fingerprint density at radius 2 is 2.06 bits per heavy atom. The van der Waals surface area contributed by atoms with Gasteiger partial charge >= 0.3 is 0 Å². The highest BCUT2D eigenvalue weighted by atomic mass is 32.2. The van der Waals surface area contributed by atoms with E-state index >= 15 is 0 Å². The lowest BCUT2D eigenvalue weighted by atomic mass is 10.00. The highest BCUT2D eigenvalue weighted by molar-refractivity contribution is 8.07. The Kier molecular flexibility index (Phi) is 3.85. The zero-order valence-electron chi connectivity index (χ0n) is 10.3. The summed E-state index contributed by atoms with van der Waals surface area (Å²) in [6.45, 7) is 1.69. The van der Waals surface area contributed by atoms with E-state index in [1.165, 1.54) is 16.9 Å².